The Morgan fingerprint density at radius 3 is 2.43 bits per heavy atom. The number of benzene rings is 2. The summed E-state index contributed by atoms with van der Waals surface area (Å²) < 4.78 is 5.24. The van der Waals surface area contributed by atoms with E-state index in [2.05, 4.69) is 16.2 Å². The van der Waals surface area contributed by atoms with Gasteiger partial charge in [0.2, 0.25) is 0 Å². The van der Waals surface area contributed by atoms with Crippen LogP contribution in [0.15, 0.2) is 48.5 Å². The zero-order chi connectivity index (χ0) is 20.5. The lowest BCUT2D eigenvalue weighted by Gasteiger charge is -2.15. The highest BCUT2D eigenvalue weighted by Crippen LogP contribution is 2.14. The Labute approximate surface area is 166 Å². The number of nitriles is 1. The van der Waals surface area contributed by atoms with E-state index in [4.69, 9.17) is 21.6 Å². The summed E-state index contributed by atoms with van der Waals surface area (Å²) in [6.07, 6.45) is 0. The molecule has 0 aliphatic carbocycles. The highest BCUT2D eigenvalue weighted by atomic mass is 35.5. The lowest BCUT2D eigenvalue weighted by Crippen LogP contribution is -2.52. The van der Waals surface area contributed by atoms with E-state index in [1.807, 2.05) is 6.07 Å². The van der Waals surface area contributed by atoms with Gasteiger partial charge >= 0.3 is 0 Å². The Morgan fingerprint density at radius 1 is 1.11 bits per heavy atom. The van der Waals surface area contributed by atoms with Crippen LogP contribution in [0.4, 0.5) is 0 Å². The van der Waals surface area contributed by atoms with Crippen LogP contribution in [0.25, 0.3) is 0 Å². The molecule has 0 saturated carbocycles. The Hall–Kier alpha value is -3.57. The number of ether oxygens (including phenoxy) is 1. The molecule has 0 aliphatic rings. The van der Waals surface area contributed by atoms with Crippen molar-refractivity contribution in [1.29, 1.82) is 5.26 Å². The molecule has 9 heteroatoms. The van der Waals surface area contributed by atoms with Gasteiger partial charge in [0.15, 0.2) is 6.61 Å². The van der Waals surface area contributed by atoms with E-state index in [-0.39, 0.29) is 17.2 Å². The molecule has 0 saturated heterocycles. The minimum Gasteiger partial charge on any atom is -0.484 e. The monoisotopic (exact) mass is 400 g/mol. The van der Waals surface area contributed by atoms with Gasteiger partial charge in [-0.05, 0) is 43.3 Å². The molecule has 3 N–H and O–H groups in total. The molecule has 0 bridgehead atoms. The van der Waals surface area contributed by atoms with Gasteiger partial charge in [0.05, 0.1) is 22.2 Å². The molecule has 0 unspecified atom stereocenters. The van der Waals surface area contributed by atoms with Crippen LogP contribution in [0, 0.1) is 11.3 Å². The molecule has 2 aromatic rings. The van der Waals surface area contributed by atoms with E-state index < -0.39 is 23.8 Å². The highest BCUT2D eigenvalue weighted by molar-refractivity contribution is 6.33. The maximum atomic E-state index is 12.1. The second-order valence-electron chi connectivity index (χ2n) is 5.64. The standard InChI is InChI=1S/C19H17ClN4O4/c1-12(22-19(27)15-4-2-3-5-16(15)20)18(26)24-23-17(25)11-28-14-8-6-13(10-21)7-9-14/h2-9,12H,11H2,1H3,(H,22,27)(H,23,25)(H,24,26)/t12-/m0/s1. The van der Waals surface area contributed by atoms with E-state index in [1.54, 1.807) is 42.5 Å². The Kier molecular flexibility index (Phi) is 7.37. The Bertz CT molecular complexity index is 909. The topological polar surface area (TPSA) is 120 Å². The molecule has 2 rings (SSSR count). The van der Waals surface area contributed by atoms with Crippen LogP contribution in [0.1, 0.15) is 22.8 Å². The fourth-order valence-electron chi connectivity index (χ4n) is 2.04. The van der Waals surface area contributed by atoms with E-state index in [0.717, 1.165) is 0 Å². The number of nitrogens with zero attached hydrogens (tertiary/aromatic N) is 1. The molecule has 1 atom stereocenters. The first-order valence-electron chi connectivity index (χ1n) is 8.17. The van der Waals surface area contributed by atoms with E-state index in [9.17, 15) is 14.4 Å². The largest absolute Gasteiger partial charge is 0.484 e. The van der Waals surface area contributed by atoms with Gasteiger partial charge in [-0.25, -0.2) is 0 Å². The number of hydrazine groups is 1. The number of hydrogen-bond donors (Lipinski definition) is 3. The number of rotatable bonds is 6. The van der Waals surface area contributed by atoms with Crippen LogP contribution in [-0.2, 0) is 9.59 Å². The van der Waals surface area contributed by atoms with Crippen molar-refractivity contribution in [1.82, 2.24) is 16.2 Å². The lowest BCUT2D eigenvalue weighted by atomic mass is 10.2. The number of nitrogens with one attached hydrogen (secondary N) is 3. The summed E-state index contributed by atoms with van der Waals surface area (Å²) in [7, 11) is 0. The van der Waals surface area contributed by atoms with Gasteiger partial charge in [0.1, 0.15) is 11.8 Å². The fourth-order valence-corrected chi connectivity index (χ4v) is 2.26. The van der Waals surface area contributed by atoms with Crippen molar-refractivity contribution in [2.24, 2.45) is 0 Å². The molecule has 8 nitrogen and oxygen atoms in total. The maximum Gasteiger partial charge on any atom is 0.276 e. The van der Waals surface area contributed by atoms with E-state index in [0.29, 0.717) is 11.3 Å². The van der Waals surface area contributed by atoms with Crippen molar-refractivity contribution in [3.05, 3.63) is 64.7 Å². The van der Waals surface area contributed by atoms with Gasteiger partial charge in [-0.15, -0.1) is 0 Å². The van der Waals surface area contributed by atoms with E-state index in [1.165, 1.54) is 13.0 Å². The molecule has 28 heavy (non-hydrogen) atoms. The molecule has 0 radical (unpaired) electrons. The first-order chi connectivity index (χ1) is 13.4. The molecular weight excluding hydrogens is 384 g/mol. The maximum absolute atomic E-state index is 12.1. The Morgan fingerprint density at radius 2 is 1.79 bits per heavy atom. The summed E-state index contributed by atoms with van der Waals surface area (Å²) in [5.41, 5.74) is 5.10. The van der Waals surface area contributed by atoms with Gasteiger partial charge in [-0.2, -0.15) is 5.26 Å². The van der Waals surface area contributed by atoms with Gasteiger partial charge in [-0.3, -0.25) is 25.2 Å². The Balaban J connectivity index is 1.75. The summed E-state index contributed by atoms with van der Waals surface area (Å²) in [5, 5.41) is 11.5. The second-order valence-corrected chi connectivity index (χ2v) is 6.04. The predicted octanol–water partition coefficient (Wildman–Crippen LogP) is 1.56. The van der Waals surface area contributed by atoms with Crippen molar-refractivity contribution in [3.8, 4) is 11.8 Å². The molecule has 0 aliphatic heterocycles. The zero-order valence-electron chi connectivity index (χ0n) is 14.9. The van der Waals surface area contributed by atoms with Crippen LogP contribution >= 0.6 is 11.6 Å². The fraction of sp³-hybridized carbons (Fsp3) is 0.158. The lowest BCUT2D eigenvalue weighted by molar-refractivity contribution is -0.130. The third kappa shape index (κ3) is 6.00. The average Bonchev–Trinajstić information content (AvgIpc) is 2.70. The van der Waals surface area contributed by atoms with Gasteiger partial charge in [0.25, 0.3) is 17.7 Å². The number of amides is 3. The molecular formula is C19H17ClN4O4. The van der Waals surface area contributed by atoms with Crippen LogP contribution in [0.2, 0.25) is 5.02 Å². The summed E-state index contributed by atoms with van der Waals surface area (Å²) in [6, 6.07) is 13.7. The third-order valence-corrected chi connectivity index (χ3v) is 3.87. The van der Waals surface area contributed by atoms with Crippen LogP contribution in [0.5, 0.6) is 5.75 Å². The van der Waals surface area contributed by atoms with Crippen LogP contribution in [-0.4, -0.2) is 30.4 Å². The quantitative estimate of drug-likeness (QED) is 0.635. The molecule has 3 amide bonds. The van der Waals surface area contributed by atoms with Gasteiger partial charge < -0.3 is 10.1 Å². The molecule has 2 aromatic carbocycles. The second kappa shape index (κ2) is 9.94. The van der Waals surface area contributed by atoms with E-state index >= 15 is 0 Å². The van der Waals surface area contributed by atoms with Gasteiger partial charge in [0, 0.05) is 0 Å². The minimum absolute atomic E-state index is 0.240. The summed E-state index contributed by atoms with van der Waals surface area (Å²) in [5.74, 6) is -1.32. The van der Waals surface area contributed by atoms with Crippen molar-refractivity contribution in [2.45, 2.75) is 13.0 Å². The average molecular weight is 401 g/mol. The molecule has 144 valence electrons. The van der Waals surface area contributed by atoms with Crippen LogP contribution < -0.4 is 20.9 Å². The number of hydrogen-bond acceptors (Lipinski definition) is 5. The van der Waals surface area contributed by atoms with Crippen molar-refractivity contribution >= 4 is 29.3 Å². The number of carbonyl (C=O) groups excluding carboxylic acids is 3. The van der Waals surface area contributed by atoms with Crippen molar-refractivity contribution in [3.63, 3.8) is 0 Å². The first-order valence-corrected chi connectivity index (χ1v) is 8.55. The summed E-state index contributed by atoms with van der Waals surface area (Å²) in [4.78, 5) is 35.9. The number of carbonyl (C=O) groups is 3. The molecule has 0 fully saturated rings. The molecule has 0 spiro atoms. The van der Waals surface area contributed by atoms with Gasteiger partial charge in [-0.1, -0.05) is 23.7 Å². The highest BCUT2D eigenvalue weighted by Gasteiger charge is 2.18. The summed E-state index contributed by atoms with van der Waals surface area (Å²) in [6.45, 7) is 1.12. The third-order valence-electron chi connectivity index (χ3n) is 3.54. The smallest absolute Gasteiger partial charge is 0.276 e. The molecule has 0 heterocycles. The van der Waals surface area contributed by atoms with Crippen LogP contribution in [0.3, 0.4) is 0 Å². The van der Waals surface area contributed by atoms with Crippen molar-refractivity contribution < 1.29 is 19.1 Å². The first kappa shape index (κ1) is 20.7. The normalized spacial score (nSPS) is 10.9. The van der Waals surface area contributed by atoms with Crippen molar-refractivity contribution in [2.75, 3.05) is 6.61 Å². The minimum atomic E-state index is -0.913. The number of halogens is 1. The molecule has 0 aromatic heterocycles. The SMILES string of the molecule is C[C@H](NC(=O)c1ccccc1Cl)C(=O)NNC(=O)COc1ccc(C#N)cc1. The zero-order valence-corrected chi connectivity index (χ0v) is 15.6. The predicted molar refractivity (Wildman–Crippen MR) is 101 cm³/mol. The summed E-state index contributed by atoms with van der Waals surface area (Å²) >= 11 is 5.94.